The third kappa shape index (κ3) is 7.19. The van der Waals surface area contributed by atoms with E-state index in [-0.39, 0.29) is 17.3 Å². The summed E-state index contributed by atoms with van der Waals surface area (Å²) in [6.07, 6.45) is 2.61. The lowest BCUT2D eigenvalue weighted by Gasteiger charge is -2.06. The minimum Gasteiger partial charge on any atom is -0.376 e. The number of amides is 2. The fourth-order valence-electron chi connectivity index (χ4n) is 3.09. The predicted octanol–water partition coefficient (Wildman–Crippen LogP) is 1.68. The van der Waals surface area contributed by atoms with Crippen molar-refractivity contribution in [2.45, 2.75) is 12.8 Å². The third-order valence-corrected chi connectivity index (χ3v) is 4.87. The van der Waals surface area contributed by atoms with Gasteiger partial charge in [-0.05, 0) is 48.2 Å². The van der Waals surface area contributed by atoms with Gasteiger partial charge in [-0.1, -0.05) is 24.3 Å². The zero-order valence-corrected chi connectivity index (χ0v) is 18.4. The summed E-state index contributed by atoms with van der Waals surface area (Å²) in [6, 6.07) is 16.1. The third-order valence-electron chi connectivity index (χ3n) is 4.87. The standard InChI is InChI=1S/C23H27N9O2/c24-14-27-11-9-15-1-5-17(6-2-15)29-21(33)19-13-20(32-31-19)22(34)30-18-7-3-16(4-8-18)10-12-28-23(25)26/h1-8,13-14H,9-12H2,(H2,24,27)(H,29,33)(H,30,34)(H,31,32)(H4,25,26,28). The lowest BCUT2D eigenvalue weighted by Crippen LogP contribution is -2.31. The molecule has 1 aromatic heterocycles. The van der Waals surface area contributed by atoms with Gasteiger partial charge in [0.05, 0.1) is 6.34 Å². The van der Waals surface area contributed by atoms with E-state index in [1.54, 1.807) is 24.3 Å². The highest BCUT2D eigenvalue weighted by Gasteiger charge is 2.15. The molecule has 9 N–H and O–H groups in total. The van der Waals surface area contributed by atoms with Gasteiger partial charge in [-0.2, -0.15) is 5.10 Å². The molecule has 0 aliphatic carbocycles. The largest absolute Gasteiger partial charge is 0.376 e. The van der Waals surface area contributed by atoms with Crippen molar-refractivity contribution >= 4 is 35.5 Å². The van der Waals surface area contributed by atoms with Crippen LogP contribution in [0.5, 0.6) is 0 Å². The maximum Gasteiger partial charge on any atom is 0.276 e. The second kappa shape index (κ2) is 11.8. The molecule has 0 aliphatic rings. The van der Waals surface area contributed by atoms with Crippen LogP contribution in [0.1, 0.15) is 32.1 Å². The Labute approximate surface area is 196 Å². The van der Waals surface area contributed by atoms with E-state index in [2.05, 4.69) is 31.5 Å². The summed E-state index contributed by atoms with van der Waals surface area (Å²) in [4.78, 5) is 25.0. The van der Waals surface area contributed by atoms with E-state index in [1.807, 2.05) is 24.3 Å². The average molecular weight is 462 g/mol. The number of nitrogens with two attached hydrogens (primary N) is 1. The second-order valence-electron chi connectivity index (χ2n) is 7.41. The fourth-order valence-corrected chi connectivity index (χ4v) is 3.09. The Morgan fingerprint density at radius 1 is 0.912 bits per heavy atom. The SMILES string of the molecule is N=CNCCc1ccc(NC(=O)c2cc(C(=O)Nc3ccc(CCNC(=N)N)cc3)n[nH]2)cc1. The second-order valence-corrected chi connectivity index (χ2v) is 7.41. The van der Waals surface area contributed by atoms with Gasteiger partial charge in [0.25, 0.3) is 11.8 Å². The van der Waals surface area contributed by atoms with Crippen LogP contribution < -0.4 is 27.0 Å². The summed E-state index contributed by atoms with van der Waals surface area (Å²) in [5.74, 6) is -0.921. The Bertz CT molecular complexity index is 1140. The van der Waals surface area contributed by atoms with Crippen molar-refractivity contribution in [2.75, 3.05) is 23.7 Å². The Kier molecular flexibility index (Phi) is 8.33. The monoisotopic (exact) mass is 461 g/mol. The van der Waals surface area contributed by atoms with Gasteiger partial charge >= 0.3 is 0 Å². The van der Waals surface area contributed by atoms with Gasteiger partial charge in [-0.25, -0.2) is 0 Å². The summed E-state index contributed by atoms with van der Waals surface area (Å²) in [5.41, 5.74) is 8.83. The Hall–Kier alpha value is -4.67. The molecule has 0 fully saturated rings. The molecule has 0 aliphatic heterocycles. The van der Waals surface area contributed by atoms with E-state index >= 15 is 0 Å². The summed E-state index contributed by atoms with van der Waals surface area (Å²) >= 11 is 0. The van der Waals surface area contributed by atoms with Crippen LogP contribution in [0.4, 0.5) is 11.4 Å². The molecule has 0 saturated carbocycles. The highest BCUT2D eigenvalue weighted by atomic mass is 16.2. The van der Waals surface area contributed by atoms with Gasteiger partial charge in [0.15, 0.2) is 11.7 Å². The van der Waals surface area contributed by atoms with Crippen molar-refractivity contribution in [1.82, 2.24) is 20.8 Å². The number of hydrogen-bond acceptors (Lipinski definition) is 5. The van der Waals surface area contributed by atoms with Crippen molar-refractivity contribution in [1.29, 1.82) is 10.8 Å². The van der Waals surface area contributed by atoms with Crippen LogP contribution in [0.25, 0.3) is 0 Å². The molecular weight excluding hydrogens is 434 g/mol. The first kappa shape index (κ1) is 24.0. The number of carbonyl (C=O) groups is 2. The number of anilines is 2. The number of carbonyl (C=O) groups excluding carboxylic acids is 2. The number of hydrogen-bond donors (Lipinski definition) is 8. The van der Waals surface area contributed by atoms with Crippen molar-refractivity contribution < 1.29 is 9.59 Å². The van der Waals surface area contributed by atoms with Gasteiger partial charge in [0, 0.05) is 30.5 Å². The number of aromatic amines is 1. The molecule has 0 unspecified atom stereocenters. The summed E-state index contributed by atoms with van der Waals surface area (Å²) in [6.45, 7) is 1.21. The van der Waals surface area contributed by atoms with E-state index in [0.29, 0.717) is 30.9 Å². The smallest absolute Gasteiger partial charge is 0.276 e. The van der Waals surface area contributed by atoms with Gasteiger partial charge in [0.2, 0.25) is 0 Å². The molecule has 176 valence electrons. The van der Waals surface area contributed by atoms with Crippen LogP contribution in [0.15, 0.2) is 54.6 Å². The molecule has 0 bridgehead atoms. The minimum absolute atomic E-state index is 0.0715. The molecule has 34 heavy (non-hydrogen) atoms. The first-order chi connectivity index (χ1) is 16.4. The van der Waals surface area contributed by atoms with E-state index in [0.717, 1.165) is 23.9 Å². The Morgan fingerprint density at radius 3 is 2.03 bits per heavy atom. The zero-order valence-electron chi connectivity index (χ0n) is 18.4. The summed E-state index contributed by atoms with van der Waals surface area (Å²) < 4.78 is 0. The van der Waals surface area contributed by atoms with Gasteiger partial charge in [-0.3, -0.25) is 25.5 Å². The molecular formula is C23H27N9O2. The quantitative estimate of drug-likeness (QED) is 0.122. The van der Waals surface area contributed by atoms with E-state index in [4.69, 9.17) is 16.6 Å². The molecule has 0 spiro atoms. The van der Waals surface area contributed by atoms with Crippen LogP contribution >= 0.6 is 0 Å². The van der Waals surface area contributed by atoms with Crippen molar-refractivity contribution in [3.8, 4) is 0 Å². The fraction of sp³-hybridized carbons (Fsp3) is 0.174. The van der Waals surface area contributed by atoms with Crippen LogP contribution in [0.2, 0.25) is 0 Å². The average Bonchev–Trinajstić information content (AvgIpc) is 3.32. The van der Waals surface area contributed by atoms with Crippen LogP contribution in [-0.4, -0.2) is 47.4 Å². The minimum atomic E-state index is -0.441. The zero-order chi connectivity index (χ0) is 24.3. The van der Waals surface area contributed by atoms with Gasteiger partial charge in [-0.15, -0.1) is 0 Å². The van der Waals surface area contributed by atoms with Crippen molar-refractivity contribution in [2.24, 2.45) is 5.73 Å². The van der Waals surface area contributed by atoms with E-state index in [1.165, 1.54) is 6.07 Å². The predicted molar refractivity (Wildman–Crippen MR) is 131 cm³/mol. The number of nitrogens with zero attached hydrogens (tertiary/aromatic N) is 1. The molecule has 3 rings (SSSR count). The van der Waals surface area contributed by atoms with Crippen molar-refractivity contribution in [3.63, 3.8) is 0 Å². The molecule has 11 nitrogen and oxygen atoms in total. The number of guanidine groups is 1. The Morgan fingerprint density at radius 2 is 1.47 bits per heavy atom. The Balaban J connectivity index is 1.51. The van der Waals surface area contributed by atoms with Gasteiger partial charge in [0.1, 0.15) is 5.69 Å². The normalized spacial score (nSPS) is 10.2. The molecule has 2 aromatic carbocycles. The molecule has 2 amide bonds. The molecule has 0 saturated heterocycles. The first-order valence-corrected chi connectivity index (χ1v) is 10.6. The topological polar surface area (TPSA) is 185 Å². The van der Waals surface area contributed by atoms with Crippen LogP contribution in [-0.2, 0) is 12.8 Å². The number of rotatable bonds is 11. The molecule has 3 aromatic rings. The highest BCUT2D eigenvalue weighted by molar-refractivity contribution is 6.07. The summed E-state index contributed by atoms with van der Waals surface area (Å²) in [5, 5.41) is 31.7. The van der Waals surface area contributed by atoms with Crippen LogP contribution in [0.3, 0.4) is 0 Å². The molecule has 11 heteroatoms. The van der Waals surface area contributed by atoms with Gasteiger partial charge < -0.3 is 27.0 Å². The maximum atomic E-state index is 12.5. The first-order valence-electron chi connectivity index (χ1n) is 10.6. The highest BCUT2D eigenvalue weighted by Crippen LogP contribution is 2.14. The number of aromatic nitrogens is 2. The van der Waals surface area contributed by atoms with E-state index in [9.17, 15) is 9.59 Å². The number of H-pyrrole nitrogens is 1. The number of benzene rings is 2. The van der Waals surface area contributed by atoms with Crippen molar-refractivity contribution in [3.05, 3.63) is 77.1 Å². The lowest BCUT2D eigenvalue weighted by atomic mass is 10.1. The van der Waals surface area contributed by atoms with E-state index < -0.39 is 11.8 Å². The lowest BCUT2D eigenvalue weighted by molar-refractivity contribution is 0.101. The maximum absolute atomic E-state index is 12.5. The summed E-state index contributed by atoms with van der Waals surface area (Å²) in [7, 11) is 0. The number of nitrogens with one attached hydrogen (secondary N) is 7. The van der Waals surface area contributed by atoms with Crippen LogP contribution in [0, 0.1) is 10.8 Å². The molecule has 0 atom stereocenters. The molecule has 0 radical (unpaired) electrons. The molecule has 1 heterocycles.